The normalized spacial score (nSPS) is 10.5. The SMILES string of the molecule is CCNc1cc(CC)nc(-c2ccc(Cl)cc2Br)n1. The lowest BCUT2D eigenvalue weighted by Gasteiger charge is -2.09. The number of nitrogens with one attached hydrogen (secondary N) is 1. The molecule has 0 saturated heterocycles. The maximum Gasteiger partial charge on any atom is 0.162 e. The molecule has 0 fully saturated rings. The molecule has 0 aliphatic heterocycles. The minimum Gasteiger partial charge on any atom is -0.370 e. The summed E-state index contributed by atoms with van der Waals surface area (Å²) in [6.07, 6.45) is 0.874. The summed E-state index contributed by atoms with van der Waals surface area (Å²) in [4.78, 5) is 9.11. The number of anilines is 1. The minimum atomic E-state index is 0.689. The average molecular weight is 341 g/mol. The molecule has 2 rings (SSSR count). The van der Waals surface area contributed by atoms with Crippen LogP contribution in [0.3, 0.4) is 0 Å². The van der Waals surface area contributed by atoms with Crippen LogP contribution in [0.5, 0.6) is 0 Å². The molecule has 1 heterocycles. The molecule has 0 amide bonds. The highest BCUT2D eigenvalue weighted by Crippen LogP contribution is 2.29. The molecule has 0 aliphatic carbocycles. The highest BCUT2D eigenvalue weighted by Gasteiger charge is 2.09. The van der Waals surface area contributed by atoms with Crippen LogP contribution in [0, 0.1) is 0 Å². The van der Waals surface area contributed by atoms with E-state index in [1.54, 1.807) is 0 Å². The molecule has 1 aromatic carbocycles. The van der Waals surface area contributed by atoms with E-state index < -0.39 is 0 Å². The molecular weight excluding hydrogens is 326 g/mol. The van der Waals surface area contributed by atoms with Crippen molar-refractivity contribution in [1.82, 2.24) is 9.97 Å². The quantitative estimate of drug-likeness (QED) is 0.887. The molecule has 0 atom stereocenters. The number of nitrogens with zero attached hydrogens (tertiary/aromatic N) is 2. The molecule has 5 heteroatoms. The lowest BCUT2D eigenvalue weighted by molar-refractivity contribution is 0.998. The Labute approximate surface area is 126 Å². The van der Waals surface area contributed by atoms with E-state index in [1.807, 2.05) is 31.2 Å². The number of rotatable bonds is 4. The van der Waals surface area contributed by atoms with Crippen molar-refractivity contribution in [3.05, 3.63) is 39.5 Å². The van der Waals surface area contributed by atoms with Crippen LogP contribution < -0.4 is 5.32 Å². The van der Waals surface area contributed by atoms with Crippen LogP contribution in [-0.4, -0.2) is 16.5 Å². The Hall–Kier alpha value is -1.13. The lowest BCUT2D eigenvalue weighted by atomic mass is 10.2. The maximum atomic E-state index is 5.96. The van der Waals surface area contributed by atoms with Gasteiger partial charge in [-0.05, 0) is 47.5 Å². The van der Waals surface area contributed by atoms with Gasteiger partial charge in [-0.3, -0.25) is 0 Å². The molecule has 100 valence electrons. The van der Waals surface area contributed by atoms with E-state index in [0.717, 1.165) is 34.5 Å². The van der Waals surface area contributed by atoms with Crippen molar-refractivity contribution in [2.45, 2.75) is 20.3 Å². The Kier molecular flexibility index (Phi) is 4.77. The third-order valence-corrected chi connectivity index (χ3v) is 3.56. The Bertz CT molecular complexity index is 587. The van der Waals surface area contributed by atoms with Crippen molar-refractivity contribution in [3.63, 3.8) is 0 Å². The van der Waals surface area contributed by atoms with E-state index in [4.69, 9.17) is 11.6 Å². The molecule has 2 aromatic rings. The van der Waals surface area contributed by atoms with Crippen LogP contribution in [0.25, 0.3) is 11.4 Å². The van der Waals surface area contributed by atoms with Gasteiger partial charge in [0, 0.05) is 33.4 Å². The molecule has 1 N–H and O–H groups in total. The fourth-order valence-corrected chi connectivity index (χ4v) is 2.60. The summed E-state index contributed by atoms with van der Waals surface area (Å²) in [6, 6.07) is 7.61. The van der Waals surface area contributed by atoms with Crippen LogP contribution in [0.2, 0.25) is 5.02 Å². The molecule has 3 nitrogen and oxygen atoms in total. The first kappa shape index (κ1) is 14.3. The molecule has 1 aromatic heterocycles. The summed E-state index contributed by atoms with van der Waals surface area (Å²) in [7, 11) is 0. The molecule has 0 radical (unpaired) electrons. The number of hydrogen-bond donors (Lipinski definition) is 1. The first-order valence-electron chi connectivity index (χ1n) is 6.21. The van der Waals surface area contributed by atoms with Crippen LogP contribution >= 0.6 is 27.5 Å². The summed E-state index contributed by atoms with van der Waals surface area (Å²) in [5.74, 6) is 1.56. The molecule has 19 heavy (non-hydrogen) atoms. The van der Waals surface area contributed by atoms with Gasteiger partial charge in [0.05, 0.1) is 0 Å². The van der Waals surface area contributed by atoms with E-state index in [9.17, 15) is 0 Å². The van der Waals surface area contributed by atoms with Gasteiger partial charge in [0.15, 0.2) is 5.82 Å². The van der Waals surface area contributed by atoms with Crippen LogP contribution in [0.1, 0.15) is 19.5 Å². The summed E-state index contributed by atoms with van der Waals surface area (Å²) in [6.45, 7) is 4.96. The standard InChI is InChI=1S/C14H15BrClN3/c1-3-10-8-13(17-4-2)19-14(18-10)11-6-5-9(16)7-12(11)15/h5-8H,3-4H2,1-2H3,(H,17,18,19). The van der Waals surface area contributed by atoms with Gasteiger partial charge in [0.1, 0.15) is 5.82 Å². The van der Waals surface area contributed by atoms with Gasteiger partial charge in [0.2, 0.25) is 0 Å². The van der Waals surface area contributed by atoms with E-state index in [0.29, 0.717) is 10.8 Å². The monoisotopic (exact) mass is 339 g/mol. The van der Waals surface area contributed by atoms with Gasteiger partial charge < -0.3 is 5.32 Å². The number of benzene rings is 1. The van der Waals surface area contributed by atoms with E-state index >= 15 is 0 Å². The fourth-order valence-electron chi connectivity index (χ4n) is 1.74. The maximum absolute atomic E-state index is 5.96. The number of halogens is 2. The van der Waals surface area contributed by atoms with Crippen molar-refractivity contribution >= 4 is 33.3 Å². The van der Waals surface area contributed by atoms with Crippen molar-refractivity contribution in [3.8, 4) is 11.4 Å². The first-order valence-corrected chi connectivity index (χ1v) is 7.38. The second-order valence-electron chi connectivity index (χ2n) is 4.08. The molecule has 0 saturated carbocycles. The Balaban J connectivity index is 2.51. The zero-order chi connectivity index (χ0) is 13.8. The summed E-state index contributed by atoms with van der Waals surface area (Å²) in [5, 5.41) is 3.92. The summed E-state index contributed by atoms with van der Waals surface area (Å²) >= 11 is 9.47. The zero-order valence-corrected chi connectivity index (χ0v) is 13.2. The van der Waals surface area contributed by atoms with Crippen molar-refractivity contribution < 1.29 is 0 Å². The topological polar surface area (TPSA) is 37.8 Å². The minimum absolute atomic E-state index is 0.689. The van der Waals surface area contributed by atoms with Gasteiger partial charge >= 0.3 is 0 Å². The largest absolute Gasteiger partial charge is 0.370 e. The first-order chi connectivity index (χ1) is 9.13. The number of hydrogen-bond acceptors (Lipinski definition) is 3. The highest BCUT2D eigenvalue weighted by atomic mass is 79.9. The summed E-state index contributed by atoms with van der Waals surface area (Å²) in [5.41, 5.74) is 1.96. The second-order valence-corrected chi connectivity index (χ2v) is 5.37. The smallest absolute Gasteiger partial charge is 0.162 e. The van der Waals surface area contributed by atoms with Crippen molar-refractivity contribution in [2.24, 2.45) is 0 Å². The van der Waals surface area contributed by atoms with Gasteiger partial charge in [-0.25, -0.2) is 9.97 Å². The molecule has 0 bridgehead atoms. The van der Waals surface area contributed by atoms with Crippen molar-refractivity contribution in [2.75, 3.05) is 11.9 Å². The lowest BCUT2D eigenvalue weighted by Crippen LogP contribution is -2.04. The molecule has 0 unspecified atom stereocenters. The third kappa shape index (κ3) is 3.45. The van der Waals surface area contributed by atoms with Gasteiger partial charge in [-0.2, -0.15) is 0 Å². The van der Waals surface area contributed by atoms with Gasteiger partial charge in [-0.1, -0.05) is 18.5 Å². The van der Waals surface area contributed by atoms with E-state index in [1.165, 1.54) is 0 Å². The third-order valence-electron chi connectivity index (χ3n) is 2.67. The molecule has 0 spiro atoms. The van der Waals surface area contributed by atoms with Crippen molar-refractivity contribution in [1.29, 1.82) is 0 Å². The van der Waals surface area contributed by atoms with Crippen LogP contribution in [0.4, 0.5) is 5.82 Å². The van der Waals surface area contributed by atoms with Gasteiger partial charge in [0.25, 0.3) is 0 Å². The van der Waals surface area contributed by atoms with Crippen LogP contribution in [0.15, 0.2) is 28.7 Å². The Morgan fingerprint density at radius 2 is 2.00 bits per heavy atom. The van der Waals surface area contributed by atoms with E-state index in [2.05, 4.69) is 38.1 Å². The Morgan fingerprint density at radius 1 is 1.21 bits per heavy atom. The number of aromatic nitrogens is 2. The fraction of sp³-hybridized carbons (Fsp3) is 0.286. The molecule has 0 aliphatic rings. The van der Waals surface area contributed by atoms with E-state index in [-0.39, 0.29) is 0 Å². The predicted octanol–water partition coefficient (Wildman–Crippen LogP) is 4.55. The predicted molar refractivity (Wildman–Crippen MR) is 83.7 cm³/mol. The van der Waals surface area contributed by atoms with Gasteiger partial charge in [-0.15, -0.1) is 0 Å². The number of aryl methyl sites for hydroxylation is 1. The molecular formula is C14H15BrClN3. The Morgan fingerprint density at radius 3 is 2.63 bits per heavy atom. The second kappa shape index (κ2) is 6.35. The summed E-state index contributed by atoms with van der Waals surface area (Å²) < 4.78 is 0.899. The zero-order valence-electron chi connectivity index (χ0n) is 10.9. The van der Waals surface area contributed by atoms with Crippen LogP contribution in [-0.2, 0) is 6.42 Å². The highest BCUT2D eigenvalue weighted by molar-refractivity contribution is 9.10. The average Bonchev–Trinajstić information content (AvgIpc) is 2.38.